The Kier molecular flexibility index (Phi) is 5.70. The highest BCUT2D eigenvalue weighted by Crippen LogP contribution is 2.41. The number of hydrogen-bond donors (Lipinski definition) is 0. The molecule has 0 aliphatic heterocycles. The molecule has 0 radical (unpaired) electrons. The molecule has 0 aliphatic carbocycles. The fraction of sp³-hybridized carbons (Fsp3) is 0.500. The summed E-state index contributed by atoms with van der Waals surface area (Å²) in [6.45, 7) is 4.27. The van der Waals surface area contributed by atoms with E-state index in [2.05, 4.69) is 0 Å². The van der Waals surface area contributed by atoms with Crippen molar-refractivity contribution in [2.24, 2.45) is 0 Å². The Balaban J connectivity index is 3.32. The molecule has 0 amide bonds. The first-order valence-corrected chi connectivity index (χ1v) is 6.23. The van der Waals surface area contributed by atoms with Crippen LogP contribution in [0.1, 0.15) is 26.7 Å². The number of nitrogens with zero attached hydrogens (tertiary/aromatic N) is 2. The molecular weight excluding hydrogens is 268 g/mol. The average molecular weight is 284 g/mol. The molecule has 1 aromatic carbocycles. The van der Waals surface area contributed by atoms with Gasteiger partial charge in [0, 0.05) is 0 Å². The van der Waals surface area contributed by atoms with Crippen LogP contribution in [0.3, 0.4) is 0 Å². The minimum absolute atomic E-state index is 0.0289. The van der Waals surface area contributed by atoms with Crippen molar-refractivity contribution in [2.45, 2.75) is 26.7 Å². The third kappa shape index (κ3) is 3.81. The van der Waals surface area contributed by atoms with E-state index in [0.717, 1.165) is 12.1 Å². The predicted molar refractivity (Wildman–Crippen MR) is 71.3 cm³/mol. The smallest absolute Gasteiger partial charge is 0.321 e. The lowest BCUT2D eigenvalue weighted by atomic mass is 10.2. The molecule has 0 heterocycles. The van der Waals surface area contributed by atoms with E-state index in [-0.39, 0.29) is 18.1 Å². The fourth-order valence-corrected chi connectivity index (χ4v) is 1.48. The fourth-order valence-electron chi connectivity index (χ4n) is 1.48. The first-order valence-electron chi connectivity index (χ1n) is 6.23. The molecule has 0 atom stereocenters. The molecule has 0 fully saturated rings. The molecule has 1 rings (SSSR count). The van der Waals surface area contributed by atoms with Gasteiger partial charge in [-0.1, -0.05) is 13.8 Å². The summed E-state index contributed by atoms with van der Waals surface area (Å²) in [5.41, 5.74) is -0.856. The molecule has 1 aromatic rings. The molecule has 0 aromatic heterocycles. The van der Waals surface area contributed by atoms with E-state index in [9.17, 15) is 20.2 Å². The van der Waals surface area contributed by atoms with Crippen molar-refractivity contribution in [1.82, 2.24) is 0 Å². The molecule has 0 saturated carbocycles. The van der Waals surface area contributed by atoms with Crippen LogP contribution < -0.4 is 9.47 Å². The highest BCUT2D eigenvalue weighted by Gasteiger charge is 2.26. The van der Waals surface area contributed by atoms with Gasteiger partial charge in [-0.2, -0.15) is 0 Å². The van der Waals surface area contributed by atoms with Crippen LogP contribution in [0.15, 0.2) is 12.1 Å². The van der Waals surface area contributed by atoms with Gasteiger partial charge in [0.2, 0.25) is 5.75 Å². The van der Waals surface area contributed by atoms with Gasteiger partial charge in [0.25, 0.3) is 5.69 Å². The Hall–Kier alpha value is -2.38. The molecular formula is C12H16N2O6. The van der Waals surface area contributed by atoms with Crippen molar-refractivity contribution < 1.29 is 19.3 Å². The van der Waals surface area contributed by atoms with E-state index in [4.69, 9.17) is 9.47 Å². The summed E-state index contributed by atoms with van der Waals surface area (Å²) in [5, 5.41) is 21.8. The first-order chi connectivity index (χ1) is 9.51. The van der Waals surface area contributed by atoms with Crippen molar-refractivity contribution in [3.63, 3.8) is 0 Å². The van der Waals surface area contributed by atoms with Crippen LogP contribution >= 0.6 is 0 Å². The maximum atomic E-state index is 11.0. The largest absolute Gasteiger partial charge is 0.489 e. The Morgan fingerprint density at radius 2 is 1.60 bits per heavy atom. The second kappa shape index (κ2) is 7.27. The van der Waals surface area contributed by atoms with Gasteiger partial charge >= 0.3 is 5.69 Å². The van der Waals surface area contributed by atoms with Gasteiger partial charge in [0.15, 0.2) is 5.75 Å². The molecule has 110 valence electrons. The normalized spacial score (nSPS) is 10.1. The van der Waals surface area contributed by atoms with Gasteiger partial charge in [-0.25, -0.2) is 0 Å². The average Bonchev–Trinajstić information content (AvgIpc) is 2.42. The number of nitro benzene ring substituents is 2. The third-order valence-electron chi connectivity index (χ3n) is 2.34. The molecule has 0 aliphatic rings. The lowest BCUT2D eigenvalue weighted by molar-refractivity contribution is -0.394. The van der Waals surface area contributed by atoms with Crippen molar-refractivity contribution in [1.29, 1.82) is 0 Å². The summed E-state index contributed by atoms with van der Waals surface area (Å²) in [6, 6.07) is 2.03. The van der Waals surface area contributed by atoms with Crippen LogP contribution in [0.25, 0.3) is 0 Å². The number of rotatable bonds is 8. The van der Waals surface area contributed by atoms with Crippen molar-refractivity contribution >= 4 is 11.4 Å². The molecule has 0 N–H and O–H groups in total. The van der Waals surface area contributed by atoms with Crippen molar-refractivity contribution in [3.05, 3.63) is 32.4 Å². The lowest BCUT2D eigenvalue weighted by Gasteiger charge is -2.12. The molecule has 0 saturated heterocycles. The Morgan fingerprint density at radius 3 is 2.10 bits per heavy atom. The molecule has 20 heavy (non-hydrogen) atoms. The van der Waals surface area contributed by atoms with Crippen LogP contribution in [0.4, 0.5) is 11.4 Å². The second-order valence-electron chi connectivity index (χ2n) is 4.00. The number of benzene rings is 1. The summed E-state index contributed by atoms with van der Waals surface area (Å²) in [6.07, 6.45) is 1.32. The summed E-state index contributed by atoms with van der Waals surface area (Å²) in [4.78, 5) is 20.4. The maximum absolute atomic E-state index is 11.0. The SMILES string of the molecule is CCCOc1cc([N+](=O)[O-])cc([N+](=O)[O-])c1OCCC. The van der Waals surface area contributed by atoms with Crippen molar-refractivity contribution in [3.8, 4) is 11.5 Å². The summed E-state index contributed by atoms with van der Waals surface area (Å²) in [7, 11) is 0. The van der Waals surface area contributed by atoms with E-state index in [1.165, 1.54) is 0 Å². The van der Waals surface area contributed by atoms with Gasteiger partial charge in [0.1, 0.15) is 0 Å². The summed E-state index contributed by atoms with van der Waals surface area (Å²) in [5.74, 6) is -0.0305. The van der Waals surface area contributed by atoms with Crippen molar-refractivity contribution in [2.75, 3.05) is 13.2 Å². The zero-order valence-corrected chi connectivity index (χ0v) is 11.3. The van der Waals surface area contributed by atoms with E-state index >= 15 is 0 Å². The van der Waals surface area contributed by atoms with Crippen LogP contribution in [0.2, 0.25) is 0 Å². The van der Waals surface area contributed by atoms with Gasteiger partial charge < -0.3 is 9.47 Å². The molecule has 0 spiro atoms. The maximum Gasteiger partial charge on any atom is 0.321 e. The van der Waals surface area contributed by atoms with Gasteiger partial charge in [0.05, 0.1) is 35.2 Å². The predicted octanol–water partition coefficient (Wildman–Crippen LogP) is 3.08. The number of non-ortho nitro benzene ring substituents is 1. The summed E-state index contributed by atoms with van der Waals surface area (Å²) >= 11 is 0. The Bertz CT molecular complexity index is 503. The van der Waals surface area contributed by atoms with Gasteiger partial charge in [-0.05, 0) is 12.8 Å². The van der Waals surface area contributed by atoms with Crippen LogP contribution in [-0.2, 0) is 0 Å². The Labute approximate surface area is 115 Å². The van der Waals surface area contributed by atoms with E-state index < -0.39 is 21.2 Å². The van der Waals surface area contributed by atoms with Gasteiger partial charge in [-0.3, -0.25) is 20.2 Å². The molecule has 0 unspecified atom stereocenters. The van der Waals surface area contributed by atoms with E-state index in [0.29, 0.717) is 19.4 Å². The minimum atomic E-state index is -0.712. The zero-order chi connectivity index (χ0) is 15.1. The number of ether oxygens (including phenoxy) is 2. The lowest BCUT2D eigenvalue weighted by Crippen LogP contribution is -2.05. The highest BCUT2D eigenvalue weighted by molar-refractivity contribution is 5.62. The van der Waals surface area contributed by atoms with E-state index in [1.807, 2.05) is 13.8 Å². The standard InChI is InChI=1S/C12H16N2O6/c1-3-5-19-11-8-9(13(15)16)7-10(14(17)18)12(11)20-6-4-2/h7-8H,3-6H2,1-2H3. The Morgan fingerprint density at radius 1 is 1.00 bits per heavy atom. The molecule has 8 heteroatoms. The zero-order valence-electron chi connectivity index (χ0n) is 11.3. The summed E-state index contributed by atoms with van der Waals surface area (Å²) < 4.78 is 10.7. The van der Waals surface area contributed by atoms with Crippen LogP contribution in [-0.4, -0.2) is 23.1 Å². The third-order valence-corrected chi connectivity index (χ3v) is 2.34. The minimum Gasteiger partial charge on any atom is -0.489 e. The topological polar surface area (TPSA) is 105 Å². The second-order valence-corrected chi connectivity index (χ2v) is 4.00. The van der Waals surface area contributed by atoms with Crippen LogP contribution in [0.5, 0.6) is 11.5 Å². The van der Waals surface area contributed by atoms with Gasteiger partial charge in [-0.15, -0.1) is 0 Å². The molecule has 8 nitrogen and oxygen atoms in total. The first kappa shape index (κ1) is 15.7. The number of nitro groups is 2. The monoisotopic (exact) mass is 284 g/mol. The quantitative estimate of drug-likeness (QED) is 0.536. The van der Waals surface area contributed by atoms with E-state index in [1.54, 1.807) is 0 Å². The van der Waals surface area contributed by atoms with Crippen LogP contribution in [0, 0.1) is 20.2 Å². The highest BCUT2D eigenvalue weighted by atomic mass is 16.6. The number of hydrogen-bond acceptors (Lipinski definition) is 6. The molecule has 0 bridgehead atoms.